The molecular weight excluding hydrogens is 214 g/mol. The second-order valence-electron chi connectivity index (χ2n) is 4.55. The summed E-state index contributed by atoms with van der Waals surface area (Å²) in [6, 6.07) is 8.83. The molecule has 0 aliphatic carbocycles. The summed E-state index contributed by atoms with van der Waals surface area (Å²) in [5.74, 6) is 0.927. The van der Waals surface area contributed by atoms with Crippen molar-refractivity contribution in [3.05, 3.63) is 29.8 Å². The first kappa shape index (κ1) is 12.4. The molecule has 1 unspecified atom stereocenters. The minimum absolute atomic E-state index is 0.279. The average molecular weight is 235 g/mol. The molecule has 3 nitrogen and oxygen atoms in total. The normalized spacial score (nSPS) is 20.7. The zero-order valence-electron chi connectivity index (χ0n) is 10.4. The van der Waals surface area contributed by atoms with Crippen LogP contribution in [0.5, 0.6) is 5.75 Å². The Balaban J connectivity index is 2.08. The number of rotatable bonds is 5. The molecule has 1 saturated heterocycles. The lowest BCUT2D eigenvalue weighted by Gasteiger charge is -2.24. The molecule has 1 aliphatic heterocycles. The van der Waals surface area contributed by atoms with Gasteiger partial charge in [-0.05, 0) is 43.5 Å². The van der Waals surface area contributed by atoms with Crippen molar-refractivity contribution in [1.29, 1.82) is 0 Å². The van der Waals surface area contributed by atoms with E-state index in [1.807, 2.05) is 6.07 Å². The molecule has 1 heterocycles. The Kier molecular flexibility index (Phi) is 4.40. The minimum atomic E-state index is 0.279. The first-order valence-corrected chi connectivity index (χ1v) is 6.34. The molecular formula is C14H21NO2. The lowest BCUT2D eigenvalue weighted by atomic mass is 10.0. The Labute approximate surface area is 103 Å². The van der Waals surface area contributed by atoms with Crippen LogP contribution in [0.3, 0.4) is 0 Å². The fourth-order valence-corrected chi connectivity index (χ4v) is 2.59. The highest BCUT2D eigenvalue weighted by molar-refractivity contribution is 5.31. The second-order valence-corrected chi connectivity index (χ2v) is 4.55. The third-order valence-electron chi connectivity index (χ3n) is 3.45. The van der Waals surface area contributed by atoms with E-state index in [2.05, 4.69) is 23.1 Å². The van der Waals surface area contributed by atoms with Gasteiger partial charge in [-0.1, -0.05) is 12.1 Å². The molecule has 1 aliphatic rings. The van der Waals surface area contributed by atoms with Gasteiger partial charge < -0.3 is 9.84 Å². The van der Waals surface area contributed by atoms with Gasteiger partial charge in [-0.2, -0.15) is 0 Å². The van der Waals surface area contributed by atoms with Crippen LogP contribution in [-0.4, -0.2) is 36.8 Å². The van der Waals surface area contributed by atoms with E-state index in [9.17, 15) is 0 Å². The van der Waals surface area contributed by atoms with E-state index in [0.717, 1.165) is 25.3 Å². The number of ether oxygens (including phenoxy) is 1. The molecule has 0 aromatic heterocycles. The smallest absolute Gasteiger partial charge is 0.119 e. The highest BCUT2D eigenvalue weighted by atomic mass is 16.5. The molecule has 0 radical (unpaired) electrons. The number of aliphatic hydroxyl groups excluding tert-OH is 1. The molecule has 0 amide bonds. The average Bonchev–Trinajstić information content (AvgIpc) is 2.84. The van der Waals surface area contributed by atoms with Gasteiger partial charge in [0.15, 0.2) is 0 Å². The molecule has 0 saturated carbocycles. The van der Waals surface area contributed by atoms with Crippen molar-refractivity contribution in [1.82, 2.24) is 4.90 Å². The molecule has 1 aromatic carbocycles. The molecule has 1 atom stereocenters. The SMILES string of the molecule is COc1cccc(C2CCCN2CCCO)c1. The Hall–Kier alpha value is -1.06. The van der Waals surface area contributed by atoms with E-state index in [4.69, 9.17) is 9.84 Å². The van der Waals surface area contributed by atoms with E-state index < -0.39 is 0 Å². The first-order chi connectivity index (χ1) is 8.35. The predicted molar refractivity (Wildman–Crippen MR) is 68.2 cm³/mol. The van der Waals surface area contributed by atoms with Crippen LogP contribution >= 0.6 is 0 Å². The molecule has 94 valence electrons. The van der Waals surface area contributed by atoms with Gasteiger partial charge in [0, 0.05) is 19.2 Å². The molecule has 17 heavy (non-hydrogen) atoms. The monoisotopic (exact) mass is 235 g/mol. The quantitative estimate of drug-likeness (QED) is 0.849. The number of aliphatic hydroxyl groups is 1. The van der Waals surface area contributed by atoms with Gasteiger partial charge in [0.05, 0.1) is 7.11 Å². The van der Waals surface area contributed by atoms with E-state index in [-0.39, 0.29) is 6.61 Å². The van der Waals surface area contributed by atoms with E-state index >= 15 is 0 Å². The van der Waals surface area contributed by atoms with E-state index in [0.29, 0.717) is 6.04 Å². The topological polar surface area (TPSA) is 32.7 Å². The maximum Gasteiger partial charge on any atom is 0.119 e. The van der Waals surface area contributed by atoms with Crippen LogP contribution in [0.15, 0.2) is 24.3 Å². The Morgan fingerprint density at radius 1 is 1.47 bits per heavy atom. The van der Waals surface area contributed by atoms with Crippen molar-refractivity contribution in [3.63, 3.8) is 0 Å². The summed E-state index contributed by atoms with van der Waals surface area (Å²) < 4.78 is 5.27. The zero-order chi connectivity index (χ0) is 12.1. The van der Waals surface area contributed by atoms with Crippen molar-refractivity contribution in [2.75, 3.05) is 26.8 Å². The van der Waals surface area contributed by atoms with Crippen LogP contribution in [0.25, 0.3) is 0 Å². The van der Waals surface area contributed by atoms with Crippen molar-refractivity contribution in [2.45, 2.75) is 25.3 Å². The van der Waals surface area contributed by atoms with Gasteiger partial charge in [0.1, 0.15) is 5.75 Å². The first-order valence-electron chi connectivity index (χ1n) is 6.34. The Bertz CT molecular complexity index is 354. The number of benzene rings is 1. The van der Waals surface area contributed by atoms with Crippen molar-refractivity contribution < 1.29 is 9.84 Å². The third kappa shape index (κ3) is 2.99. The summed E-state index contributed by atoms with van der Waals surface area (Å²) in [6.45, 7) is 2.40. The molecule has 1 fully saturated rings. The second kappa shape index (κ2) is 6.03. The minimum Gasteiger partial charge on any atom is -0.497 e. The highest BCUT2D eigenvalue weighted by Gasteiger charge is 2.25. The molecule has 0 bridgehead atoms. The summed E-state index contributed by atoms with van der Waals surface area (Å²) in [5, 5.41) is 8.92. The number of likely N-dealkylation sites (tertiary alicyclic amines) is 1. The van der Waals surface area contributed by atoms with Crippen molar-refractivity contribution in [3.8, 4) is 5.75 Å². The number of nitrogens with zero attached hydrogens (tertiary/aromatic N) is 1. The van der Waals surface area contributed by atoms with E-state index in [1.54, 1.807) is 7.11 Å². The van der Waals surface area contributed by atoms with Crippen molar-refractivity contribution >= 4 is 0 Å². The van der Waals surface area contributed by atoms with Gasteiger partial charge in [-0.3, -0.25) is 4.90 Å². The predicted octanol–water partition coefficient (Wildman–Crippen LogP) is 2.21. The number of methoxy groups -OCH3 is 1. The number of hydrogen-bond acceptors (Lipinski definition) is 3. The van der Waals surface area contributed by atoms with Gasteiger partial charge in [0.25, 0.3) is 0 Å². The standard InChI is InChI=1S/C14H21NO2/c1-17-13-6-2-5-12(11-13)14-7-3-8-15(14)9-4-10-16/h2,5-6,11,14,16H,3-4,7-10H2,1H3. The Morgan fingerprint density at radius 3 is 3.12 bits per heavy atom. The maximum atomic E-state index is 8.92. The highest BCUT2D eigenvalue weighted by Crippen LogP contribution is 2.33. The van der Waals surface area contributed by atoms with Crippen LogP contribution in [-0.2, 0) is 0 Å². The lowest BCUT2D eigenvalue weighted by Crippen LogP contribution is -2.25. The lowest BCUT2D eigenvalue weighted by molar-refractivity contribution is 0.213. The third-order valence-corrected chi connectivity index (χ3v) is 3.45. The van der Waals surface area contributed by atoms with Crippen molar-refractivity contribution in [2.24, 2.45) is 0 Å². The molecule has 3 heteroatoms. The van der Waals surface area contributed by atoms with Crippen LogP contribution in [0, 0.1) is 0 Å². The van der Waals surface area contributed by atoms with Crippen LogP contribution in [0.2, 0.25) is 0 Å². The summed E-state index contributed by atoms with van der Waals surface area (Å²) in [5.41, 5.74) is 1.33. The summed E-state index contributed by atoms with van der Waals surface area (Å²) >= 11 is 0. The van der Waals surface area contributed by atoms with E-state index in [1.165, 1.54) is 18.4 Å². The van der Waals surface area contributed by atoms with Crippen LogP contribution in [0.4, 0.5) is 0 Å². The van der Waals surface area contributed by atoms with Crippen LogP contribution in [0.1, 0.15) is 30.9 Å². The zero-order valence-corrected chi connectivity index (χ0v) is 10.4. The Morgan fingerprint density at radius 2 is 2.35 bits per heavy atom. The number of hydrogen-bond donors (Lipinski definition) is 1. The van der Waals surface area contributed by atoms with Crippen LogP contribution < -0.4 is 4.74 Å². The van der Waals surface area contributed by atoms with Gasteiger partial charge >= 0.3 is 0 Å². The largest absolute Gasteiger partial charge is 0.497 e. The summed E-state index contributed by atoms with van der Waals surface area (Å²) in [6.07, 6.45) is 3.31. The molecule has 2 rings (SSSR count). The summed E-state index contributed by atoms with van der Waals surface area (Å²) in [7, 11) is 1.71. The van der Waals surface area contributed by atoms with Gasteiger partial charge in [-0.15, -0.1) is 0 Å². The van der Waals surface area contributed by atoms with Gasteiger partial charge in [-0.25, -0.2) is 0 Å². The molecule has 1 aromatic rings. The fourth-order valence-electron chi connectivity index (χ4n) is 2.59. The maximum absolute atomic E-state index is 8.92. The summed E-state index contributed by atoms with van der Waals surface area (Å²) in [4.78, 5) is 2.46. The molecule has 0 spiro atoms. The molecule has 1 N–H and O–H groups in total. The van der Waals surface area contributed by atoms with Gasteiger partial charge in [0.2, 0.25) is 0 Å². The fraction of sp³-hybridized carbons (Fsp3) is 0.571.